The molecule has 0 bridgehead atoms. The highest BCUT2D eigenvalue weighted by Crippen LogP contribution is 2.27. The monoisotopic (exact) mass is 292 g/mol. The number of hydrogen-bond acceptors (Lipinski definition) is 3. The summed E-state index contributed by atoms with van der Waals surface area (Å²) in [4.78, 5) is 23.4. The van der Waals surface area contributed by atoms with Gasteiger partial charge in [-0.15, -0.1) is 0 Å². The Morgan fingerprint density at radius 2 is 1.36 bits per heavy atom. The first-order valence-corrected chi connectivity index (χ1v) is 6.83. The predicted octanol–water partition coefficient (Wildman–Crippen LogP) is 3.76. The highest BCUT2D eigenvalue weighted by Gasteiger charge is 2.17. The molecular formula is C19H16O3. The quantitative estimate of drug-likeness (QED) is 0.489. The van der Waals surface area contributed by atoms with Crippen molar-refractivity contribution in [2.75, 3.05) is 0 Å². The van der Waals surface area contributed by atoms with Gasteiger partial charge < -0.3 is 4.74 Å². The van der Waals surface area contributed by atoms with Gasteiger partial charge in [-0.2, -0.15) is 0 Å². The molecule has 22 heavy (non-hydrogen) atoms. The van der Waals surface area contributed by atoms with Gasteiger partial charge in [0, 0.05) is 11.6 Å². The SMILES string of the molecule is C=CC(=O)OC(=O)C(C)=C(c1ccccc1)c1ccccc1. The zero-order valence-corrected chi connectivity index (χ0v) is 12.3. The summed E-state index contributed by atoms with van der Waals surface area (Å²) >= 11 is 0. The molecule has 0 radical (unpaired) electrons. The molecule has 2 rings (SSSR count). The molecule has 0 aliphatic rings. The van der Waals surface area contributed by atoms with Gasteiger partial charge in [-0.05, 0) is 23.6 Å². The summed E-state index contributed by atoms with van der Waals surface area (Å²) in [7, 11) is 0. The second-order valence-electron chi connectivity index (χ2n) is 4.64. The molecule has 3 nitrogen and oxygen atoms in total. The van der Waals surface area contributed by atoms with Gasteiger partial charge >= 0.3 is 11.9 Å². The molecule has 0 aliphatic heterocycles. The van der Waals surface area contributed by atoms with Gasteiger partial charge in [-0.1, -0.05) is 67.2 Å². The van der Waals surface area contributed by atoms with Gasteiger partial charge in [0.05, 0.1) is 0 Å². The van der Waals surface area contributed by atoms with E-state index >= 15 is 0 Å². The third kappa shape index (κ3) is 3.58. The predicted molar refractivity (Wildman–Crippen MR) is 85.9 cm³/mol. The second kappa shape index (κ2) is 7.18. The number of benzene rings is 2. The van der Waals surface area contributed by atoms with E-state index in [1.165, 1.54) is 0 Å². The Kier molecular flexibility index (Phi) is 5.04. The summed E-state index contributed by atoms with van der Waals surface area (Å²) in [5, 5.41) is 0. The molecule has 110 valence electrons. The highest BCUT2D eigenvalue weighted by atomic mass is 16.6. The van der Waals surface area contributed by atoms with Crippen molar-refractivity contribution in [2.24, 2.45) is 0 Å². The maximum atomic E-state index is 12.2. The molecule has 3 heteroatoms. The van der Waals surface area contributed by atoms with Crippen molar-refractivity contribution in [2.45, 2.75) is 6.92 Å². The van der Waals surface area contributed by atoms with Crippen molar-refractivity contribution in [1.82, 2.24) is 0 Å². The van der Waals surface area contributed by atoms with Gasteiger partial charge in [-0.3, -0.25) is 0 Å². The molecule has 0 unspecified atom stereocenters. The molecule has 0 aromatic heterocycles. The van der Waals surface area contributed by atoms with E-state index in [1.54, 1.807) is 6.92 Å². The number of carbonyl (C=O) groups excluding carboxylic acids is 2. The number of esters is 2. The lowest BCUT2D eigenvalue weighted by atomic mass is 9.93. The highest BCUT2D eigenvalue weighted by molar-refractivity contribution is 6.06. The van der Waals surface area contributed by atoms with Crippen LogP contribution in [0.4, 0.5) is 0 Å². The number of carbonyl (C=O) groups is 2. The van der Waals surface area contributed by atoms with Crippen LogP contribution in [0.5, 0.6) is 0 Å². The van der Waals surface area contributed by atoms with Gasteiger partial charge in [0.1, 0.15) is 0 Å². The fourth-order valence-corrected chi connectivity index (χ4v) is 2.12. The summed E-state index contributed by atoms with van der Waals surface area (Å²) < 4.78 is 4.73. The van der Waals surface area contributed by atoms with Crippen LogP contribution in [0.1, 0.15) is 18.1 Å². The topological polar surface area (TPSA) is 43.4 Å². The maximum Gasteiger partial charge on any atom is 0.342 e. The Morgan fingerprint density at radius 1 is 0.909 bits per heavy atom. The van der Waals surface area contributed by atoms with Crippen LogP contribution in [-0.4, -0.2) is 11.9 Å². The Bertz CT molecular complexity index is 671. The second-order valence-corrected chi connectivity index (χ2v) is 4.64. The van der Waals surface area contributed by atoms with Crippen LogP contribution >= 0.6 is 0 Å². The Labute approximate surface area is 129 Å². The molecule has 0 aliphatic carbocycles. The summed E-state index contributed by atoms with van der Waals surface area (Å²) in [5.41, 5.74) is 2.87. The van der Waals surface area contributed by atoms with Crippen molar-refractivity contribution in [3.8, 4) is 0 Å². The van der Waals surface area contributed by atoms with Gasteiger partial charge in [0.25, 0.3) is 0 Å². The normalized spacial score (nSPS) is 9.68. The van der Waals surface area contributed by atoms with E-state index in [1.807, 2.05) is 60.7 Å². The molecule has 0 N–H and O–H groups in total. The zero-order valence-electron chi connectivity index (χ0n) is 12.3. The fraction of sp³-hybridized carbons (Fsp3) is 0.0526. The van der Waals surface area contributed by atoms with E-state index in [0.717, 1.165) is 22.8 Å². The van der Waals surface area contributed by atoms with Crippen LogP contribution in [0.15, 0.2) is 78.9 Å². The largest absolute Gasteiger partial charge is 0.386 e. The number of hydrogen-bond donors (Lipinski definition) is 0. The molecular weight excluding hydrogens is 276 g/mol. The molecule has 0 heterocycles. The van der Waals surface area contributed by atoms with E-state index in [-0.39, 0.29) is 0 Å². The molecule has 0 saturated carbocycles. The molecule has 0 saturated heterocycles. The van der Waals surface area contributed by atoms with Gasteiger partial charge in [0.15, 0.2) is 0 Å². The smallest absolute Gasteiger partial charge is 0.342 e. The Hall–Kier alpha value is -2.94. The third-order valence-electron chi connectivity index (χ3n) is 3.17. The lowest BCUT2D eigenvalue weighted by molar-refractivity contribution is -0.153. The first kappa shape index (κ1) is 15.4. The summed E-state index contributed by atoms with van der Waals surface area (Å²) in [6.45, 7) is 4.94. The van der Waals surface area contributed by atoms with Gasteiger partial charge in [-0.25, -0.2) is 9.59 Å². The summed E-state index contributed by atoms with van der Waals surface area (Å²) in [5.74, 6) is -1.43. The summed E-state index contributed by atoms with van der Waals surface area (Å²) in [6.07, 6.45) is 0.968. The van der Waals surface area contributed by atoms with E-state index < -0.39 is 11.9 Å². The first-order chi connectivity index (χ1) is 10.6. The van der Waals surface area contributed by atoms with Crippen molar-refractivity contribution in [1.29, 1.82) is 0 Å². The van der Waals surface area contributed by atoms with E-state index in [9.17, 15) is 9.59 Å². The molecule has 0 fully saturated rings. The lowest BCUT2D eigenvalue weighted by Gasteiger charge is -2.12. The minimum Gasteiger partial charge on any atom is -0.386 e. The maximum absolute atomic E-state index is 12.2. The molecule has 0 spiro atoms. The van der Waals surface area contributed by atoms with Crippen molar-refractivity contribution >= 4 is 17.5 Å². The van der Waals surface area contributed by atoms with E-state index in [0.29, 0.717) is 5.57 Å². The Balaban J connectivity index is 2.53. The van der Waals surface area contributed by atoms with Crippen molar-refractivity contribution in [3.05, 3.63) is 90.0 Å². The van der Waals surface area contributed by atoms with E-state index in [4.69, 9.17) is 4.74 Å². The minimum absolute atomic E-state index is 0.368. The molecule has 0 atom stereocenters. The average molecular weight is 292 g/mol. The zero-order chi connectivity index (χ0) is 15.9. The lowest BCUT2D eigenvalue weighted by Crippen LogP contribution is -2.12. The molecule has 2 aromatic rings. The minimum atomic E-state index is -0.759. The molecule has 2 aromatic carbocycles. The standard InChI is InChI=1S/C19H16O3/c1-3-17(20)22-19(21)14(2)18(15-10-6-4-7-11-15)16-12-8-5-9-13-16/h3-13H,1H2,2H3. The molecule has 0 amide bonds. The average Bonchev–Trinajstić information content (AvgIpc) is 2.56. The number of rotatable bonds is 4. The van der Waals surface area contributed by atoms with Crippen LogP contribution in [0, 0.1) is 0 Å². The van der Waals surface area contributed by atoms with Crippen molar-refractivity contribution < 1.29 is 14.3 Å². The third-order valence-corrected chi connectivity index (χ3v) is 3.17. The summed E-state index contributed by atoms with van der Waals surface area (Å²) in [6, 6.07) is 19.0. The number of ether oxygens (including phenoxy) is 1. The van der Waals surface area contributed by atoms with E-state index in [2.05, 4.69) is 6.58 Å². The van der Waals surface area contributed by atoms with Crippen LogP contribution in [-0.2, 0) is 14.3 Å². The van der Waals surface area contributed by atoms with Crippen LogP contribution in [0.3, 0.4) is 0 Å². The Morgan fingerprint density at radius 3 is 1.77 bits per heavy atom. The first-order valence-electron chi connectivity index (χ1n) is 6.83. The van der Waals surface area contributed by atoms with Crippen LogP contribution < -0.4 is 0 Å². The van der Waals surface area contributed by atoms with Crippen LogP contribution in [0.25, 0.3) is 5.57 Å². The fourth-order valence-electron chi connectivity index (χ4n) is 2.12. The van der Waals surface area contributed by atoms with Crippen molar-refractivity contribution in [3.63, 3.8) is 0 Å². The van der Waals surface area contributed by atoms with Gasteiger partial charge in [0.2, 0.25) is 0 Å². The van der Waals surface area contributed by atoms with Crippen LogP contribution in [0.2, 0.25) is 0 Å².